The van der Waals surface area contributed by atoms with Crippen molar-refractivity contribution in [3.05, 3.63) is 69.3 Å². The van der Waals surface area contributed by atoms with E-state index in [1.165, 1.54) is 23.5 Å². The molecule has 1 aromatic heterocycles. The van der Waals surface area contributed by atoms with Gasteiger partial charge in [-0.1, -0.05) is 12.1 Å². The van der Waals surface area contributed by atoms with Gasteiger partial charge in [0.15, 0.2) is 0 Å². The Bertz CT molecular complexity index is 1020. The van der Waals surface area contributed by atoms with Gasteiger partial charge in [0.05, 0.1) is 5.51 Å². The van der Waals surface area contributed by atoms with E-state index in [2.05, 4.69) is 19.9 Å². The first-order chi connectivity index (χ1) is 14.5. The first kappa shape index (κ1) is 21.0. The van der Waals surface area contributed by atoms with E-state index in [9.17, 15) is 13.2 Å². The van der Waals surface area contributed by atoms with Gasteiger partial charge < -0.3 is 10.0 Å². The molecule has 158 valence electrons. The Kier molecular flexibility index (Phi) is 6.50. The van der Waals surface area contributed by atoms with Crippen LogP contribution >= 0.6 is 23.3 Å². The number of likely N-dealkylation sites (tertiary alicyclic amines) is 1. The van der Waals surface area contributed by atoms with Crippen LogP contribution in [-0.2, 0) is 13.1 Å². The predicted molar refractivity (Wildman–Crippen MR) is 116 cm³/mol. The highest BCUT2D eigenvalue weighted by molar-refractivity contribution is 8.00. The molecule has 0 unspecified atom stereocenters. The normalized spacial score (nSPS) is 13.9. The second-order valence-electron chi connectivity index (χ2n) is 7.11. The molecule has 1 fully saturated rings. The average Bonchev–Trinajstić information content (AvgIpc) is 3.21. The van der Waals surface area contributed by atoms with Gasteiger partial charge >= 0.3 is 0 Å². The van der Waals surface area contributed by atoms with Crippen LogP contribution in [0, 0.1) is 24.4 Å². The van der Waals surface area contributed by atoms with E-state index in [4.69, 9.17) is 0 Å². The van der Waals surface area contributed by atoms with Gasteiger partial charge in [0.25, 0.3) is 0 Å². The van der Waals surface area contributed by atoms with Crippen LogP contribution in [0.15, 0.2) is 40.1 Å². The van der Waals surface area contributed by atoms with E-state index in [0.717, 1.165) is 37.0 Å². The molecule has 1 saturated heterocycles. The number of aromatic nitrogens is 1. The van der Waals surface area contributed by atoms with Crippen LogP contribution < -0.4 is 10.0 Å². The number of nitrogens with zero attached hydrogens (tertiary/aromatic N) is 2. The van der Waals surface area contributed by atoms with Crippen LogP contribution in [0.3, 0.4) is 0 Å². The minimum absolute atomic E-state index is 0.129. The summed E-state index contributed by atoms with van der Waals surface area (Å²) in [5.74, 6) is -1.13. The molecule has 0 bridgehead atoms. The van der Waals surface area contributed by atoms with Gasteiger partial charge in [-0.25, -0.2) is 18.2 Å². The highest BCUT2D eigenvalue weighted by Gasteiger charge is 2.19. The molecule has 9 heteroatoms. The van der Waals surface area contributed by atoms with Gasteiger partial charge in [-0.2, -0.15) is 0 Å². The fraction of sp³-hybridized carbons (Fsp3) is 0.286. The van der Waals surface area contributed by atoms with E-state index in [-0.39, 0.29) is 22.8 Å². The van der Waals surface area contributed by atoms with Gasteiger partial charge in [-0.15, -0.1) is 11.3 Å². The van der Waals surface area contributed by atoms with Crippen molar-refractivity contribution in [2.75, 3.05) is 23.1 Å². The van der Waals surface area contributed by atoms with Crippen LogP contribution in [0.1, 0.15) is 23.1 Å². The lowest BCUT2D eigenvalue weighted by Gasteiger charge is -2.31. The van der Waals surface area contributed by atoms with Gasteiger partial charge in [0.1, 0.15) is 28.2 Å². The molecule has 0 saturated carbocycles. The Hall–Kier alpha value is -2.23. The number of benzene rings is 2. The van der Waals surface area contributed by atoms with Crippen LogP contribution in [0.2, 0.25) is 0 Å². The zero-order valence-electron chi connectivity index (χ0n) is 16.3. The van der Waals surface area contributed by atoms with Crippen LogP contribution in [0.5, 0.6) is 0 Å². The van der Waals surface area contributed by atoms with Gasteiger partial charge in [0, 0.05) is 35.3 Å². The van der Waals surface area contributed by atoms with Crippen molar-refractivity contribution in [2.24, 2.45) is 0 Å². The summed E-state index contributed by atoms with van der Waals surface area (Å²) in [5, 5.41) is 4.77. The first-order valence-corrected chi connectivity index (χ1v) is 11.3. The number of hydrogen-bond donors (Lipinski definition) is 2. The smallest absolute Gasteiger partial charge is 0.147 e. The Morgan fingerprint density at radius 3 is 2.73 bits per heavy atom. The zero-order valence-corrected chi connectivity index (χ0v) is 18.0. The van der Waals surface area contributed by atoms with Crippen LogP contribution in [-0.4, -0.2) is 23.0 Å². The van der Waals surface area contributed by atoms with Gasteiger partial charge in [-0.3, -0.25) is 4.90 Å². The lowest BCUT2D eigenvalue weighted by atomic mass is 10.0. The maximum absolute atomic E-state index is 14.8. The van der Waals surface area contributed by atoms with Crippen molar-refractivity contribution in [3.8, 4) is 0 Å². The molecule has 2 aromatic carbocycles. The molecular weight excluding hydrogens is 429 g/mol. The van der Waals surface area contributed by atoms with Crippen molar-refractivity contribution in [1.82, 2.24) is 9.88 Å². The molecule has 2 N–H and O–H groups in total. The molecule has 0 aliphatic carbocycles. The van der Waals surface area contributed by atoms with Crippen molar-refractivity contribution in [2.45, 2.75) is 31.3 Å². The van der Waals surface area contributed by atoms with Crippen LogP contribution in [0.25, 0.3) is 0 Å². The molecule has 3 aromatic rings. The Balaban J connectivity index is 1.50. The summed E-state index contributed by atoms with van der Waals surface area (Å²) in [6.07, 6.45) is 1.16. The zero-order chi connectivity index (χ0) is 21.1. The summed E-state index contributed by atoms with van der Waals surface area (Å²) in [4.78, 5) is 6.14. The fourth-order valence-corrected chi connectivity index (χ4v) is 4.53. The Morgan fingerprint density at radius 1 is 1.20 bits per heavy atom. The average molecular weight is 451 g/mol. The van der Waals surface area contributed by atoms with Crippen molar-refractivity contribution < 1.29 is 13.2 Å². The standard InChI is InChI=1S/C21H21F3N4S2/c1-13-18(8-17(23)21(20(13)24)30-27-19-11-29-12-26-19)25-9-15-14(4-2-5-16(15)22)10-28-6-3-7-28/h2,4-5,8,11-12,25,27H,3,6-7,9-10H2,1H3. The fourth-order valence-electron chi connectivity index (χ4n) is 3.25. The largest absolute Gasteiger partial charge is 0.380 e. The van der Waals surface area contributed by atoms with E-state index in [1.54, 1.807) is 23.9 Å². The van der Waals surface area contributed by atoms with Crippen molar-refractivity contribution >= 4 is 34.8 Å². The molecule has 30 heavy (non-hydrogen) atoms. The van der Waals surface area contributed by atoms with E-state index < -0.39 is 11.6 Å². The maximum atomic E-state index is 14.8. The van der Waals surface area contributed by atoms with E-state index in [0.29, 0.717) is 23.6 Å². The summed E-state index contributed by atoms with van der Waals surface area (Å²) < 4.78 is 46.7. The quantitative estimate of drug-likeness (QED) is 0.424. The van der Waals surface area contributed by atoms with Gasteiger partial charge in [-0.05, 0) is 56.1 Å². The number of halogens is 3. The first-order valence-electron chi connectivity index (χ1n) is 9.55. The highest BCUT2D eigenvalue weighted by atomic mass is 32.2. The molecule has 0 radical (unpaired) electrons. The monoisotopic (exact) mass is 450 g/mol. The molecule has 4 nitrogen and oxygen atoms in total. The molecule has 0 amide bonds. The summed E-state index contributed by atoms with van der Waals surface area (Å²) in [5.41, 5.74) is 3.63. The molecule has 1 aliphatic heterocycles. The molecule has 2 heterocycles. The molecule has 0 spiro atoms. The highest BCUT2D eigenvalue weighted by Crippen LogP contribution is 2.33. The number of hydrogen-bond acceptors (Lipinski definition) is 6. The van der Waals surface area contributed by atoms with Crippen LogP contribution in [0.4, 0.5) is 24.7 Å². The third-order valence-corrected chi connectivity index (χ3v) is 6.60. The Labute approximate surface area is 181 Å². The number of anilines is 2. The van der Waals surface area contributed by atoms with Gasteiger partial charge in [0.2, 0.25) is 0 Å². The third kappa shape index (κ3) is 4.58. The predicted octanol–water partition coefficient (Wildman–Crippen LogP) is 5.81. The summed E-state index contributed by atoms with van der Waals surface area (Å²) in [6.45, 7) is 4.42. The topological polar surface area (TPSA) is 40.2 Å². The lowest BCUT2D eigenvalue weighted by molar-refractivity contribution is 0.172. The molecular formula is C21H21F3N4S2. The Morgan fingerprint density at radius 2 is 2.03 bits per heavy atom. The van der Waals surface area contributed by atoms with Crippen molar-refractivity contribution in [1.29, 1.82) is 0 Å². The summed E-state index contributed by atoms with van der Waals surface area (Å²) in [6, 6.07) is 6.25. The SMILES string of the molecule is Cc1c(NCc2c(F)cccc2CN2CCC2)cc(F)c(SNc2cscn2)c1F. The maximum Gasteiger partial charge on any atom is 0.147 e. The minimum atomic E-state index is -0.692. The van der Waals surface area contributed by atoms with E-state index in [1.807, 2.05) is 6.07 Å². The lowest BCUT2D eigenvalue weighted by Crippen LogP contribution is -2.36. The third-order valence-electron chi connectivity index (χ3n) is 5.12. The molecule has 1 aliphatic rings. The summed E-state index contributed by atoms with van der Waals surface area (Å²) in [7, 11) is 0. The number of nitrogens with one attached hydrogen (secondary N) is 2. The van der Waals surface area contributed by atoms with E-state index >= 15 is 0 Å². The second kappa shape index (κ2) is 9.28. The van der Waals surface area contributed by atoms with Crippen molar-refractivity contribution in [3.63, 3.8) is 0 Å². The minimum Gasteiger partial charge on any atom is -0.380 e. The second-order valence-corrected chi connectivity index (χ2v) is 8.65. The number of rotatable bonds is 8. The number of thiazole rings is 1. The summed E-state index contributed by atoms with van der Waals surface area (Å²) >= 11 is 2.23. The molecule has 4 rings (SSSR count). The molecule has 0 atom stereocenters.